The van der Waals surface area contributed by atoms with Gasteiger partial charge < -0.3 is 9.41 Å². The molecule has 0 aliphatic rings. The largest absolute Gasteiger partial charge is 2.00 e. The van der Waals surface area contributed by atoms with Crippen LogP contribution in [-0.2, 0) is 17.1 Å². The predicted molar refractivity (Wildman–Crippen MR) is 6.92 cm³/mol. The topological polar surface area (TPSA) is 0 Å². The van der Waals surface area contributed by atoms with Gasteiger partial charge in [0.25, 0.3) is 0 Å². The molecular weight excluding hydrogens is 133 g/mol. The van der Waals surface area contributed by atoms with Crippen LogP contribution in [-0.4, -0.2) is 0 Å². The minimum atomic E-state index is 0. The van der Waals surface area contributed by atoms with Gasteiger partial charge in [0.05, 0.1) is 0 Å². The van der Waals surface area contributed by atoms with Crippen LogP contribution < -0.4 is 9.41 Å². The average Bonchev–Trinajstić information content (AvgIpc) is 0. The van der Waals surface area contributed by atoms with E-state index in [-0.39, 0.29) is 36.4 Å². The Labute approximate surface area is 37.2 Å². The van der Waals surface area contributed by atoms with Gasteiger partial charge in [-0.2, -0.15) is 0 Å². The zero-order chi connectivity index (χ0) is 0. The minimum absolute atomic E-state index is 0. The average molecular weight is 133 g/mol. The first-order chi connectivity index (χ1) is 0. The van der Waals surface area contributed by atoms with Gasteiger partial charge in [-0.3, -0.25) is 0 Å². The van der Waals surface area contributed by atoms with Crippen molar-refractivity contribution in [3.05, 3.63) is 0 Å². The quantitative estimate of drug-likeness (QED) is 0.229. The zero-order valence-electron chi connectivity index (χ0n) is 1.50. The van der Waals surface area contributed by atoms with E-state index in [1.807, 2.05) is 0 Å². The van der Waals surface area contributed by atoms with Crippen molar-refractivity contribution in [2.75, 3.05) is 0 Å². The fourth-order valence-electron chi connectivity index (χ4n) is 0. The van der Waals surface area contributed by atoms with Gasteiger partial charge in [0, 0.05) is 9.90 Å². The summed E-state index contributed by atoms with van der Waals surface area (Å²) in [7, 11) is 0. The summed E-state index contributed by atoms with van der Waals surface area (Å²) in [5.41, 5.74) is 0. The Morgan fingerprint density at radius 1 is 0.750 bits per heavy atom. The van der Waals surface area contributed by atoms with Gasteiger partial charge in [-0.25, -0.2) is 0 Å². The minimum Gasteiger partial charge on any atom is -1.00 e. The molecule has 0 aromatic heterocycles. The second kappa shape index (κ2) is 45.9. The van der Waals surface area contributed by atoms with E-state index >= 15 is 0 Å². The fourth-order valence-corrected chi connectivity index (χ4v) is 0. The molecule has 0 amide bonds. The van der Waals surface area contributed by atoms with Crippen molar-refractivity contribution >= 4 is 9.90 Å². The van der Waals surface area contributed by atoms with E-state index in [1.54, 1.807) is 0 Å². The molecule has 4 heteroatoms. The van der Waals surface area contributed by atoms with Crippen LogP contribution in [0, 0.1) is 0 Å². The Balaban J connectivity index is 0. The van der Waals surface area contributed by atoms with Crippen molar-refractivity contribution in [2.45, 2.75) is 0 Å². The van der Waals surface area contributed by atoms with Gasteiger partial charge in [0.1, 0.15) is 0 Å². The smallest absolute Gasteiger partial charge is 1.00 e. The number of hydrogen-bond acceptors (Lipinski definition) is 0. The molecule has 0 aromatic carbocycles. The molecule has 0 spiro atoms. The third kappa shape index (κ3) is 14.0. The first-order valence-corrected chi connectivity index (χ1v) is 0. The summed E-state index contributed by atoms with van der Waals surface area (Å²) in [4.78, 5) is 0. The normalized spacial score (nSPS) is 0. The van der Waals surface area contributed by atoms with Crippen molar-refractivity contribution in [2.24, 2.45) is 0 Å². The van der Waals surface area contributed by atoms with Crippen molar-refractivity contribution < 1.29 is 26.5 Å². The molecule has 0 nitrogen and oxygen atoms in total. The summed E-state index contributed by atoms with van der Waals surface area (Å²) in [5, 5.41) is 0. The van der Waals surface area contributed by atoms with E-state index in [0.717, 1.165) is 0 Å². The van der Waals surface area contributed by atoms with E-state index in [9.17, 15) is 0 Å². The monoisotopic (exact) mass is 132 g/mol. The standard InChI is InChI=1S/Cu.2FH.P/h;2*1H;/q+2;;;/p-2. The molecule has 0 aromatic rings. The van der Waals surface area contributed by atoms with Crippen LogP contribution in [0.4, 0.5) is 0 Å². The van der Waals surface area contributed by atoms with Gasteiger partial charge in [-0.15, -0.1) is 0 Å². The van der Waals surface area contributed by atoms with Crippen LogP contribution in [0.2, 0.25) is 0 Å². The molecular formula is CuF2P. The molecule has 0 heterocycles. The molecule has 0 aliphatic carbocycles. The molecule has 0 saturated heterocycles. The SMILES string of the molecule is [Cu+2].[F-].[F-].[P]. The summed E-state index contributed by atoms with van der Waals surface area (Å²) in [6, 6.07) is 0. The molecule has 0 fully saturated rings. The van der Waals surface area contributed by atoms with E-state index in [2.05, 4.69) is 0 Å². The Bertz CT molecular complexity index is 6.00. The molecule has 0 atom stereocenters. The Kier molecular flexibility index (Phi) is 1220. The van der Waals surface area contributed by atoms with E-state index in [1.165, 1.54) is 0 Å². The van der Waals surface area contributed by atoms with Crippen LogP contribution in [0.1, 0.15) is 0 Å². The maximum atomic E-state index is 0. The van der Waals surface area contributed by atoms with Crippen molar-refractivity contribution in [3.8, 4) is 0 Å². The number of rotatable bonds is 0. The van der Waals surface area contributed by atoms with Gasteiger partial charge in [0.15, 0.2) is 0 Å². The molecule has 0 rings (SSSR count). The summed E-state index contributed by atoms with van der Waals surface area (Å²) in [6.07, 6.45) is 0. The van der Waals surface area contributed by atoms with Crippen LogP contribution in [0.15, 0.2) is 0 Å². The molecule has 0 aliphatic heterocycles. The van der Waals surface area contributed by atoms with Crippen LogP contribution in [0.3, 0.4) is 0 Å². The molecule has 0 bridgehead atoms. The molecule has 4 radical (unpaired) electrons. The Hall–Kier alpha value is 0.809. The summed E-state index contributed by atoms with van der Waals surface area (Å²) < 4.78 is 0. The van der Waals surface area contributed by atoms with Gasteiger partial charge >= 0.3 is 17.1 Å². The molecule has 0 unspecified atom stereocenters. The van der Waals surface area contributed by atoms with Crippen LogP contribution >= 0.6 is 9.90 Å². The zero-order valence-corrected chi connectivity index (χ0v) is 3.34. The van der Waals surface area contributed by atoms with Crippen molar-refractivity contribution in [1.29, 1.82) is 0 Å². The fraction of sp³-hybridized carbons (Fsp3) is 0. The first kappa shape index (κ1) is 107. The first-order valence-electron chi connectivity index (χ1n) is 0. The molecule has 0 N–H and O–H groups in total. The second-order valence-electron chi connectivity index (χ2n) is 0. The Morgan fingerprint density at radius 3 is 0.750 bits per heavy atom. The third-order valence-electron chi connectivity index (χ3n) is 0. The van der Waals surface area contributed by atoms with Crippen LogP contribution in [0.25, 0.3) is 0 Å². The number of hydrogen-bond donors (Lipinski definition) is 0. The summed E-state index contributed by atoms with van der Waals surface area (Å²) >= 11 is 0. The maximum absolute atomic E-state index is 0. The van der Waals surface area contributed by atoms with E-state index < -0.39 is 0 Å². The van der Waals surface area contributed by atoms with E-state index in [0.29, 0.717) is 0 Å². The maximum Gasteiger partial charge on any atom is 2.00 e. The second-order valence-corrected chi connectivity index (χ2v) is 0. The van der Waals surface area contributed by atoms with Gasteiger partial charge in [-0.1, -0.05) is 0 Å². The van der Waals surface area contributed by atoms with E-state index in [4.69, 9.17) is 0 Å². The molecule has 30 valence electrons. The Morgan fingerprint density at radius 2 is 0.750 bits per heavy atom. The summed E-state index contributed by atoms with van der Waals surface area (Å²) in [6.45, 7) is 0. The summed E-state index contributed by atoms with van der Waals surface area (Å²) in [5.74, 6) is 0. The third-order valence-corrected chi connectivity index (χ3v) is 0. The van der Waals surface area contributed by atoms with Crippen molar-refractivity contribution in [1.82, 2.24) is 0 Å². The molecule has 0 saturated carbocycles. The molecule has 4 heavy (non-hydrogen) atoms. The van der Waals surface area contributed by atoms with Gasteiger partial charge in [0.2, 0.25) is 0 Å². The van der Waals surface area contributed by atoms with Crippen LogP contribution in [0.5, 0.6) is 0 Å². The predicted octanol–water partition coefficient (Wildman–Crippen LogP) is -5.13. The van der Waals surface area contributed by atoms with Crippen molar-refractivity contribution in [3.63, 3.8) is 0 Å². The number of halogens is 2. The van der Waals surface area contributed by atoms with Gasteiger partial charge in [-0.05, 0) is 0 Å².